The zero-order valence-corrected chi connectivity index (χ0v) is 5.56. The first-order valence-electron chi connectivity index (χ1n) is 3.53. The van der Waals surface area contributed by atoms with Crippen LogP contribution in [0.25, 0.3) is 0 Å². The van der Waals surface area contributed by atoms with E-state index in [0.29, 0.717) is 0 Å². The van der Waals surface area contributed by atoms with Crippen LogP contribution in [0.2, 0.25) is 0 Å². The van der Waals surface area contributed by atoms with Crippen molar-refractivity contribution in [2.45, 2.75) is 38.2 Å². The Morgan fingerprint density at radius 2 is 1.89 bits per heavy atom. The van der Waals surface area contributed by atoms with Gasteiger partial charge in [-0.25, -0.2) is 0 Å². The van der Waals surface area contributed by atoms with Gasteiger partial charge < -0.3 is 5.11 Å². The molecular formula is C8H12O. The minimum atomic E-state index is -0.0837. The second-order valence-corrected chi connectivity index (χ2v) is 2.44. The van der Waals surface area contributed by atoms with Crippen LogP contribution in [0.4, 0.5) is 0 Å². The van der Waals surface area contributed by atoms with Gasteiger partial charge in [-0.05, 0) is 19.3 Å². The summed E-state index contributed by atoms with van der Waals surface area (Å²) in [6, 6.07) is 0. The molecule has 1 rings (SSSR count). The average molecular weight is 124 g/mol. The highest BCUT2D eigenvalue weighted by atomic mass is 16.3. The Morgan fingerprint density at radius 1 is 1.11 bits per heavy atom. The largest absolute Gasteiger partial charge is 0.393 e. The van der Waals surface area contributed by atoms with Crippen LogP contribution >= 0.6 is 0 Å². The first kappa shape index (κ1) is 6.64. The van der Waals surface area contributed by atoms with Crippen molar-refractivity contribution in [1.82, 2.24) is 0 Å². The third kappa shape index (κ3) is 2.53. The number of rotatable bonds is 0. The molecule has 1 heteroatoms. The normalized spacial score (nSPS) is 27.4. The van der Waals surface area contributed by atoms with Crippen molar-refractivity contribution in [3.63, 3.8) is 0 Å². The topological polar surface area (TPSA) is 20.2 Å². The van der Waals surface area contributed by atoms with Crippen molar-refractivity contribution in [2.75, 3.05) is 0 Å². The van der Waals surface area contributed by atoms with E-state index in [9.17, 15) is 0 Å². The fourth-order valence-corrected chi connectivity index (χ4v) is 0.986. The lowest BCUT2D eigenvalue weighted by molar-refractivity contribution is 0.153. The monoisotopic (exact) mass is 124 g/mol. The second-order valence-electron chi connectivity index (χ2n) is 2.44. The molecule has 0 aliphatic heterocycles. The van der Waals surface area contributed by atoms with Crippen LogP contribution in [0.5, 0.6) is 0 Å². The molecule has 9 heavy (non-hydrogen) atoms. The SMILES string of the molecule is O[C@@H]1CCC#CCCC1. The van der Waals surface area contributed by atoms with Crippen molar-refractivity contribution in [3.05, 3.63) is 0 Å². The molecule has 0 aromatic heterocycles. The fraction of sp³-hybridized carbons (Fsp3) is 0.750. The van der Waals surface area contributed by atoms with E-state index < -0.39 is 0 Å². The summed E-state index contributed by atoms with van der Waals surface area (Å²) in [5, 5.41) is 9.15. The lowest BCUT2D eigenvalue weighted by Gasteiger charge is -2.07. The molecule has 1 aliphatic carbocycles. The molecule has 0 saturated carbocycles. The average Bonchev–Trinajstić information content (AvgIpc) is 1.79. The van der Waals surface area contributed by atoms with Crippen molar-refractivity contribution in [2.24, 2.45) is 0 Å². The summed E-state index contributed by atoms with van der Waals surface area (Å²) in [6.07, 6.45) is 4.63. The van der Waals surface area contributed by atoms with Gasteiger partial charge >= 0.3 is 0 Å². The second kappa shape index (κ2) is 3.53. The molecule has 1 aliphatic rings. The van der Waals surface area contributed by atoms with E-state index in [1.165, 1.54) is 0 Å². The lowest BCUT2D eigenvalue weighted by atomic mass is 10.1. The Morgan fingerprint density at radius 3 is 2.78 bits per heavy atom. The molecule has 1 nitrogen and oxygen atoms in total. The van der Waals surface area contributed by atoms with E-state index in [0.717, 1.165) is 32.1 Å². The number of hydrogen-bond acceptors (Lipinski definition) is 1. The van der Waals surface area contributed by atoms with E-state index in [-0.39, 0.29) is 6.10 Å². The Labute approximate surface area is 56.1 Å². The zero-order chi connectivity index (χ0) is 6.53. The van der Waals surface area contributed by atoms with Crippen LogP contribution in [0.15, 0.2) is 0 Å². The summed E-state index contributed by atoms with van der Waals surface area (Å²) < 4.78 is 0. The maximum atomic E-state index is 9.15. The first-order chi connectivity index (χ1) is 4.39. The van der Waals surface area contributed by atoms with Gasteiger partial charge in [0.25, 0.3) is 0 Å². The molecule has 0 amide bonds. The van der Waals surface area contributed by atoms with Crippen LogP contribution in [0.1, 0.15) is 32.1 Å². The van der Waals surface area contributed by atoms with Crippen molar-refractivity contribution in [3.8, 4) is 11.8 Å². The van der Waals surface area contributed by atoms with E-state index >= 15 is 0 Å². The third-order valence-electron chi connectivity index (χ3n) is 1.57. The van der Waals surface area contributed by atoms with E-state index in [2.05, 4.69) is 11.8 Å². The molecule has 1 atom stereocenters. The minimum Gasteiger partial charge on any atom is -0.393 e. The van der Waals surface area contributed by atoms with Crippen LogP contribution < -0.4 is 0 Å². The smallest absolute Gasteiger partial charge is 0.0549 e. The lowest BCUT2D eigenvalue weighted by Crippen LogP contribution is -2.06. The van der Waals surface area contributed by atoms with Crippen molar-refractivity contribution < 1.29 is 5.11 Å². The summed E-state index contributed by atoms with van der Waals surface area (Å²) >= 11 is 0. The standard InChI is InChI=1S/C8H12O/c9-8-6-4-2-1-3-5-7-8/h8-9H,2,4-7H2/t8-/m0/s1. The van der Waals surface area contributed by atoms with E-state index in [1.807, 2.05) is 0 Å². The van der Waals surface area contributed by atoms with Gasteiger partial charge in [-0.3, -0.25) is 0 Å². The van der Waals surface area contributed by atoms with Crippen LogP contribution in [0.3, 0.4) is 0 Å². The molecule has 1 N–H and O–H groups in total. The van der Waals surface area contributed by atoms with Crippen LogP contribution in [-0.4, -0.2) is 11.2 Å². The van der Waals surface area contributed by atoms with Crippen molar-refractivity contribution in [1.29, 1.82) is 0 Å². The Bertz CT molecular complexity index is 129. The summed E-state index contributed by atoms with van der Waals surface area (Å²) in [7, 11) is 0. The quantitative estimate of drug-likeness (QED) is 0.483. The molecule has 0 fully saturated rings. The van der Waals surface area contributed by atoms with Crippen LogP contribution in [-0.2, 0) is 0 Å². The molecule has 0 bridgehead atoms. The predicted octanol–water partition coefficient (Wildman–Crippen LogP) is 1.31. The molecule has 0 unspecified atom stereocenters. The maximum absolute atomic E-state index is 9.15. The summed E-state index contributed by atoms with van der Waals surface area (Å²) in [5.41, 5.74) is 0. The number of aliphatic hydroxyl groups excluding tert-OH is 1. The van der Waals surface area contributed by atoms with Gasteiger partial charge in [-0.2, -0.15) is 0 Å². The Balaban J connectivity index is 2.32. The molecule has 0 heterocycles. The van der Waals surface area contributed by atoms with Crippen LogP contribution in [0, 0.1) is 11.8 Å². The van der Waals surface area contributed by atoms with E-state index in [4.69, 9.17) is 5.11 Å². The van der Waals surface area contributed by atoms with Gasteiger partial charge in [0.2, 0.25) is 0 Å². The molecule has 0 aromatic carbocycles. The van der Waals surface area contributed by atoms with Gasteiger partial charge in [0.15, 0.2) is 0 Å². The van der Waals surface area contributed by atoms with Gasteiger partial charge in [-0.1, -0.05) is 0 Å². The van der Waals surface area contributed by atoms with Gasteiger partial charge in [0.05, 0.1) is 6.10 Å². The third-order valence-corrected chi connectivity index (χ3v) is 1.57. The molecule has 0 aromatic rings. The summed E-state index contributed by atoms with van der Waals surface area (Å²) in [6.45, 7) is 0. The summed E-state index contributed by atoms with van der Waals surface area (Å²) in [5.74, 6) is 6.05. The first-order valence-corrected chi connectivity index (χ1v) is 3.53. The maximum Gasteiger partial charge on any atom is 0.0549 e. The zero-order valence-electron chi connectivity index (χ0n) is 5.56. The van der Waals surface area contributed by atoms with Gasteiger partial charge in [0, 0.05) is 12.8 Å². The molecule has 0 saturated heterocycles. The van der Waals surface area contributed by atoms with E-state index in [1.54, 1.807) is 0 Å². The Kier molecular flexibility index (Phi) is 2.60. The molecule has 0 spiro atoms. The highest BCUT2D eigenvalue weighted by Gasteiger charge is 2.02. The highest BCUT2D eigenvalue weighted by molar-refractivity contribution is 5.00. The number of hydrogen-bond donors (Lipinski definition) is 1. The Hall–Kier alpha value is -0.480. The number of aliphatic hydroxyl groups is 1. The highest BCUT2D eigenvalue weighted by Crippen LogP contribution is 2.07. The molecular weight excluding hydrogens is 112 g/mol. The predicted molar refractivity (Wildman–Crippen MR) is 36.9 cm³/mol. The summed E-state index contributed by atoms with van der Waals surface area (Å²) in [4.78, 5) is 0. The molecule has 0 radical (unpaired) electrons. The molecule has 50 valence electrons. The van der Waals surface area contributed by atoms with Gasteiger partial charge in [0.1, 0.15) is 0 Å². The van der Waals surface area contributed by atoms with Crippen molar-refractivity contribution >= 4 is 0 Å². The minimum absolute atomic E-state index is 0.0837. The van der Waals surface area contributed by atoms with Gasteiger partial charge in [-0.15, -0.1) is 11.8 Å². The fourth-order valence-electron chi connectivity index (χ4n) is 0.986.